The molecule has 1 atom stereocenters. The number of ether oxygens (including phenoxy) is 1. The van der Waals surface area contributed by atoms with Crippen LogP contribution in [0.3, 0.4) is 0 Å². The third-order valence-corrected chi connectivity index (χ3v) is 5.92. The Labute approximate surface area is 207 Å². The average Bonchev–Trinajstić information content (AvgIpc) is 3.47. The van der Waals surface area contributed by atoms with E-state index >= 15 is 0 Å². The normalized spacial score (nSPS) is 15.3. The summed E-state index contributed by atoms with van der Waals surface area (Å²) in [6.45, 7) is 3.55. The number of anilines is 1. The molecule has 1 aromatic heterocycles. The number of carbonyl (C=O) groups excluding carboxylic acids is 3. The van der Waals surface area contributed by atoms with Crippen LogP contribution >= 0.6 is 0 Å². The minimum absolute atomic E-state index is 0.114. The molecule has 0 saturated carbocycles. The number of fused-ring (bicyclic) bond motifs is 1. The van der Waals surface area contributed by atoms with Gasteiger partial charge in [0.25, 0.3) is 11.8 Å². The smallest absolute Gasteiger partial charge is 0.261 e. The van der Waals surface area contributed by atoms with E-state index in [0.717, 1.165) is 10.4 Å². The minimum atomic E-state index is -0.931. The Bertz CT molecular complexity index is 1400. The summed E-state index contributed by atoms with van der Waals surface area (Å²) in [6.07, 6.45) is 1.41. The Morgan fingerprint density at radius 1 is 1.06 bits per heavy atom. The van der Waals surface area contributed by atoms with Crippen LogP contribution in [0.2, 0.25) is 0 Å². The predicted octanol–water partition coefficient (Wildman–Crippen LogP) is 4.22. The molecule has 3 amide bonds. The molecule has 3 aromatic carbocycles. The fourth-order valence-electron chi connectivity index (χ4n) is 4.17. The van der Waals surface area contributed by atoms with Crippen LogP contribution in [-0.2, 0) is 14.4 Å². The van der Waals surface area contributed by atoms with Crippen molar-refractivity contribution in [1.29, 1.82) is 0 Å². The Morgan fingerprint density at radius 2 is 1.78 bits per heavy atom. The number of para-hydroxylation sites is 3. The number of hydrogen-bond donors (Lipinski definition) is 0. The lowest BCUT2D eigenvalue weighted by Gasteiger charge is -2.26. The third kappa shape index (κ3) is 4.48. The molecule has 4 aromatic rings. The lowest BCUT2D eigenvalue weighted by atomic mass is 10.2. The molecule has 0 bridgehead atoms. The standard InChI is InChI=1S/C28H23N3O5/c1-2-16-30(26(33)18-35-21-8-4-3-5-9-21)23-17-25(32)31(28(23)34)20-14-12-19(13-15-20)27-29-22-10-6-7-11-24(22)36-27/h2-15,23H,1,16-18H2. The number of nitrogens with zero attached hydrogens (tertiary/aromatic N) is 3. The molecule has 36 heavy (non-hydrogen) atoms. The fraction of sp³-hybridized carbons (Fsp3) is 0.143. The quantitative estimate of drug-likeness (QED) is 0.276. The Balaban J connectivity index is 1.32. The van der Waals surface area contributed by atoms with Gasteiger partial charge in [-0.3, -0.25) is 14.4 Å². The maximum Gasteiger partial charge on any atom is 0.261 e. The second-order valence-electron chi connectivity index (χ2n) is 8.26. The number of aromatic nitrogens is 1. The van der Waals surface area contributed by atoms with Crippen LogP contribution in [0, 0.1) is 0 Å². The summed E-state index contributed by atoms with van der Waals surface area (Å²) in [4.78, 5) is 46.0. The van der Waals surface area contributed by atoms with Gasteiger partial charge in [0.15, 0.2) is 12.2 Å². The highest BCUT2D eigenvalue weighted by Crippen LogP contribution is 2.30. The molecule has 2 heterocycles. The highest BCUT2D eigenvalue weighted by Gasteiger charge is 2.44. The van der Waals surface area contributed by atoms with Gasteiger partial charge in [0.1, 0.15) is 17.3 Å². The molecule has 5 rings (SSSR count). The monoisotopic (exact) mass is 481 g/mol. The van der Waals surface area contributed by atoms with E-state index in [1.54, 1.807) is 48.5 Å². The molecular weight excluding hydrogens is 458 g/mol. The van der Waals surface area contributed by atoms with E-state index in [1.165, 1.54) is 11.0 Å². The maximum absolute atomic E-state index is 13.3. The van der Waals surface area contributed by atoms with E-state index in [9.17, 15) is 14.4 Å². The van der Waals surface area contributed by atoms with Gasteiger partial charge in [0, 0.05) is 12.1 Å². The van der Waals surface area contributed by atoms with Crippen molar-refractivity contribution in [2.24, 2.45) is 0 Å². The molecule has 0 N–H and O–H groups in total. The number of imide groups is 1. The van der Waals surface area contributed by atoms with Crippen molar-refractivity contribution in [3.63, 3.8) is 0 Å². The van der Waals surface area contributed by atoms with Crippen molar-refractivity contribution < 1.29 is 23.5 Å². The lowest BCUT2D eigenvalue weighted by Crippen LogP contribution is -2.47. The van der Waals surface area contributed by atoms with Gasteiger partial charge in [-0.05, 0) is 48.5 Å². The fourth-order valence-corrected chi connectivity index (χ4v) is 4.17. The van der Waals surface area contributed by atoms with Crippen molar-refractivity contribution in [3.8, 4) is 17.2 Å². The van der Waals surface area contributed by atoms with Crippen LogP contribution < -0.4 is 9.64 Å². The van der Waals surface area contributed by atoms with Gasteiger partial charge in [-0.25, -0.2) is 9.88 Å². The maximum atomic E-state index is 13.3. The molecular formula is C28H23N3O5. The molecule has 1 unspecified atom stereocenters. The van der Waals surface area contributed by atoms with Crippen LogP contribution in [-0.4, -0.2) is 46.8 Å². The van der Waals surface area contributed by atoms with E-state index in [2.05, 4.69) is 11.6 Å². The molecule has 0 radical (unpaired) electrons. The van der Waals surface area contributed by atoms with Gasteiger partial charge in [0.2, 0.25) is 11.8 Å². The van der Waals surface area contributed by atoms with Crippen molar-refractivity contribution in [2.75, 3.05) is 18.1 Å². The van der Waals surface area contributed by atoms with E-state index in [1.807, 2.05) is 30.3 Å². The van der Waals surface area contributed by atoms with Crippen LogP contribution in [0.15, 0.2) is 95.9 Å². The van der Waals surface area contributed by atoms with E-state index in [4.69, 9.17) is 9.15 Å². The molecule has 0 aliphatic carbocycles. The third-order valence-electron chi connectivity index (χ3n) is 5.92. The molecule has 180 valence electrons. The number of carbonyl (C=O) groups is 3. The first-order valence-electron chi connectivity index (χ1n) is 11.5. The zero-order valence-corrected chi connectivity index (χ0v) is 19.4. The second-order valence-corrected chi connectivity index (χ2v) is 8.26. The summed E-state index contributed by atoms with van der Waals surface area (Å²) in [7, 11) is 0. The topological polar surface area (TPSA) is 92.9 Å². The summed E-state index contributed by atoms with van der Waals surface area (Å²) in [5.41, 5.74) is 2.55. The SMILES string of the molecule is C=CCN(C(=O)COc1ccccc1)C1CC(=O)N(c2ccc(-c3nc4ccccc4o3)cc2)C1=O. The molecule has 1 fully saturated rings. The van der Waals surface area contributed by atoms with Crippen molar-refractivity contribution >= 4 is 34.5 Å². The van der Waals surface area contributed by atoms with Gasteiger partial charge < -0.3 is 14.1 Å². The lowest BCUT2D eigenvalue weighted by molar-refractivity contribution is -0.139. The summed E-state index contributed by atoms with van der Waals surface area (Å²) < 4.78 is 11.3. The zero-order chi connectivity index (χ0) is 25.1. The number of benzene rings is 3. The largest absolute Gasteiger partial charge is 0.484 e. The van der Waals surface area contributed by atoms with Crippen molar-refractivity contribution in [1.82, 2.24) is 9.88 Å². The Kier molecular flexibility index (Phi) is 6.32. The molecule has 1 saturated heterocycles. The van der Waals surface area contributed by atoms with Crippen LogP contribution in [0.25, 0.3) is 22.6 Å². The van der Waals surface area contributed by atoms with Crippen LogP contribution in [0.4, 0.5) is 5.69 Å². The second kappa shape index (κ2) is 9.87. The highest BCUT2D eigenvalue weighted by molar-refractivity contribution is 6.23. The summed E-state index contributed by atoms with van der Waals surface area (Å²) >= 11 is 0. The first kappa shape index (κ1) is 23.0. The number of hydrogen-bond acceptors (Lipinski definition) is 6. The Hall–Kier alpha value is -4.72. The van der Waals surface area contributed by atoms with Gasteiger partial charge in [-0.1, -0.05) is 36.4 Å². The summed E-state index contributed by atoms with van der Waals surface area (Å²) in [5.74, 6) is -0.271. The molecule has 8 nitrogen and oxygen atoms in total. The molecule has 1 aliphatic rings. The summed E-state index contributed by atoms with van der Waals surface area (Å²) in [6, 6.07) is 22.3. The highest BCUT2D eigenvalue weighted by atomic mass is 16.5. The Morgan fingerprint density at radius 3 is 2.50 bits per heavy atom. The molecule has 8 heteroatoms. The van der Waals surface area contributed by atoms with Crippen molar-refractivity contribution in [3.05, 3.63) is 91.5 Å². The minimum Gasteiger partial charge on any atom is -0.484 e. The van der Waals surface area contributed by atoms with E-state index in [0.29, 0.717) is 28.5 Å². The predicted molar refractivity (Wildman–Crippen MR) is 134 cm³/mol. The van der Waals surface area contributed by atoms with E-state index in [-0.39, 0.29) is 25.5 Å². The number of oxazole rings is 1. The zero-order valence-electron chi connectivity index (χ0n) is 19.4. The summed E-state index contributed by atoms with van der Waals surface area (Å²) in [5, 5.41) is 0. The van der Waals surface area contributed by atoms with Gasteiger partial charge >= 0.3 is 0 Å². The number of rotatable bonds is 8. The van der Waals surface area contributed by atoms with Crippen LogP contribution in [0.1, 0.15) is 6.42 Å². The van der Waals surface area contributed by atoms with Gasteiger partial charge in [-0.15, -0.1) is 6.58 Å². The first-order chi connectivity index (χ1) is 17.5. The van der Waals surface area contributed by atoms with Gasteiger partial charge in [-0.2, -0.15) is 0 Å². The van der Waals surface area contributed by atoms with Gasteiger partial charge in [0.05, 0.1) is 12.1 Å². The number of amides is 3. The average molecular weight is 482 g/mol. The molecule has 0 spiro atoms. The van der Waals surface area contributed by atoms with Crippen LogP contribution in [0.5, 0.6) is 5.75 Å². The van der Waals surface area contributed by atoms with E-state index < -0.39 is 17.9 Å². The molecule has 1 aliphatic heterocycles. The first-order valence-corrected chi connectivity index (χ1v) is 11.5. The van der Waals surface area contributed by atoms with Crippen molar-refractivity contribution in [2.45, 2.75) is 12.5 Å².